The molecule has 0 aliphatic heterocycles. The lowest BCUT2D eigenvalue weighted by Crippen LogP contribution is -2.27. The van der Waals surface area contributed by atoms with Gasteiger partial charge in [0.15, 0.2) is 5.13 Å². The monoisotopic (exact) mass is 368 g/mol. The Morgan fingerprint density at radius 3 is 2.54 bits per heavy atom. The summed E-state index contributed by atoms with van der Waals surface area (Å²) in [6.07, 6.45) is 1.43. The Labute approximate surface area is 156 Å². The molecule has 0 atom stereocenters. The first-order valence-corrected chi connectivity index (χ1v) is 8.98. The largest absolute Gasteiger partial charge is 0.321 e. The van der Waals surface area contributed by atoms with Crippen LogP contribution in [0.25, 0.3) is 6.08 Å². The van der Waals surface area contributed by atoms with E-state index < -0.39 is 5.91 Å². The summed E-state index contributed by atoms with van der Waals surface area (Å²) in [5.41, 5.74) is 2.97. The van der Waals surface area contributed by atoms with Gasteiger partial charge in [-0.2, -0.15) is 5.26 Å². The zero-order valence-electron chi connectivity index (χ0n) is 15.2. The van der Waals surface area contributed by atoms with Crippen molar-refractivity contribution in [1.82, 2.24) is 4.98 Å². The van der Waals surface area contributed by atoms with Gasteiger partial charge in [-0.05, 0) is 38.0 Å². The minimum atomic E-state index is -0.488. The highest BCUT2D eigenvalue weighted by molar-refractivity contribution is 7.14. The molecule has 1 heterocycles. The van der Waals surface area contributed by atoms with Crippen LogP contribution in [0.5, 0.6) is 0 Å². The molecule has 7 heteroatoms. The number of amides is 2. The number of nitrogens with one attached hydrogen (secondary N) is 1. The van der Waals surface area contributed by atoms with Crippen molar-refractivity contribution < 1.29 is 9.59 Å². The van der Waals surface area contributed by atoms with E-state index in [4.69, 9.17) is 0 Å². The van der Waals surface area contributed by atoms with Crippen LogP contribution in [0.3, 0.4) is 0 Å². The van der Waals surface area contributed by atoms with E-state index in [1.54, 1.807) is 5.38 Å². The van der Waals surface area contributed by atoms with Gasteiger partial charge in [-0.3, -0.25) is 14.5 Å². The second-order valence-electron chi connectivity index (χ2n) is 5.71. The molecule has 1 N–H and O–H groups in total. The summed E-state index contributed by atoms with van der Waals surface area (Å²) in [7, 11) is 0. The second-order valence-corrected chi connectivity index (χ2v) is 6.55. The van der Waals surface area contributed by atoms with Crippen molar-refractivity contribution >= 4 is 40.0 Å². The highest BCUT2D eigenvalue weighted by Gasteiger charge is 2.15. The number of thiazole rings is 1. The fraction of sp³-hybridized carbons (Fsp3) is 0.263. The molecule has 2 amide bonds. The van der Waals surface area contributed by atoms with Gasteiger partial charge in [-0.25, -0.2) is 4.98 Å². The number of hydrogen-bond acceptors (Lipinski definition) is 5. The average Bonchev–Trinajstić information content (AvgIpc) is 3.04. The first-order chi connectivity index (χ1) is 12.4. The Morgan fingerprint density at radius 2 is 2.00 bits per heavy atom. The van der Waals surface area contributed by atoms with Gasteiger partial charge < -0.3 is 5.32 Å². The maximum atomic E-state index is 12.5. The van der Waals surface area contributed by atoms with E-state index >= 15 is 0 Å². The lowest BCUT2D eigenvalue weighted by Gasteiger charge is -2.14. The molecule has 0 aliphatic rings. The Kier molecular flexibility index (Phi) is 6.26. The van der Waals surface area contributed by atoms with Gasteiger partial charge in [-0.15, -0.1) is 11.3 Å². The number of hydrogen-bond donors (Lipinski definition) is 1. The van der Waals surface area contributed by atoms with Crippen molar-refractivity contribution in [3.63, 3.8) is 0 Å². The van der Waals surface area contributed by atoms with Gasteiger partial charge >= 0.3 is 0 Å². The predicted molar refractivity (Wildman–Crippen MR) is 104 cm³/mol. The zero-order chi connectivity index (χ0) is 19.3. The molecule has 0 saturated carbocycles. The number of para-hydroxylation sites is 1. The first-order valence-electron chi connectivity index (χ1n) is 8.10. The number of nitrogens with zero attached hydrogens (tertiary/aromatic N) is 3. The molecule has 0 saturated heterocycles. The normalized spacial score (nSPS) is 11.0. The molecule has 0 fully saturated rings. The van der Waals surface area contributed by atoms with Crippen molar-refractivity contribution in [3.05, 3.63) is 46.0 Å². The zero-order valence-corrected chi connectivity index (χ0v) is 16.0. The SMILES string of the molecule is CCN(C(C)=O)c1nc(C=C(C#N)C(=O)Nc2c(C)cccc2C)cs1. The van der Waals surface area contributed by atoms with E-state index in [9.17, 15) is 14.9 Å². The summed E-state index contributed by atoms with van der Waals surface area (Å²) >= 11 is 1.29. The highest BCUT2D eigenvalue weighted by atomic mass is 32.1. The van der Waals surface area contributed by atoms with Crippen LogP contribution in [0, 0.1) is 25.2 Å². The number of aryl methyl sites for hydroxylation is 2. The van der Waals surface area contributed by atoms with E-state index in [0.29, 0.717) is 23.1 Å². The van der Waals surface area contributed by atoms with Crippen LogP contribution in [-0.4, -0.2) is 23.3 Å². The molecule has 1 aromatic heterocycles. The summed E-state index contributed by atoms with van der Waals surface area (Å²) in [5.74, 6) is -0.593. The van der Waals surface area contributed by atoms with E-state index in [0.717, 1.165) is 11.1 Å². The summed E-state index contributed by atoms with van der Waals surface area (Å²) in [6.45, 7) is 7.62. The molecule has 1 aromatic carbocycles. The molecule has 2 aromatic rings. The van der Waals surface area contributed by atoms with Crippen molar-refractivity contribution in [1.29, 1.82) is 5.26 Å². The third kappa shape index (κ3) is 4.35. The number of rotatable bonds is 5. The molecule has 0 spiro atoms. The van der Waals surface area contributed by atoms with Gasteiger partial charge in [0.1, 0.15) is 11.6 Å². The fourth-order valence-corrected chi connectivity index (χ4v) is 3.34. The van der Waals surface area contributed by atoms with E-state index in [2.05, 4.69) is 10.3 Å². The standard InChI is InChI=1S/C19H20N4O2S/c1-5-23(14(4)24)19-21-16(11-26-19)9-15(10-20)18(25)22-17-12(2)7-6-8-13(17)3/h6-9,11H,5H2,1-4H3,(H,22,25). The van der Waals surface area contributed by atoms with Gasteiger partial charge in [0.2, 0.25) is 5.91 Å². The molecule has 0 aliphatic carbocycles. The summed E-state index contributed by atoms with van der Waals surface area (Å²) in [5, 5.41) is 14.4. The summed E-state index contributed by atoms with van der Waals surface area (Å²) < 4.78 is 0. The van der Waals surface area contributed by atoms with Gasteiger partial charge in [0.05, 0.1) is 5.69 Å². The van der Waals surface area contributed by atoms with Gasteiger partial charge in [-0.1, -0.05) is 18.2 Å². The molecule has 0 unspecified atom stereocenters. The van der Waals surface area contributed by atoms with E-state index in [1.807, 2.05) is 45.0 Å². The third-order valence-corrected chi connectivity index (χ3v) is 4.70. The third-order valence-electron chi connectivity index (χ3n) is 3.81. The van der Waals surface area contributed by atoms with Crippen molar-refractivity contribution in [2.24, 2.45) is 0 Å². The van der Waals surface area contributed by atoms with Crippen molar-refractivity contribution in [2.45, 2.75) is 27.7 Å². The minimum absolute atomic E-state index is 0.0459. The molecular formula is C19H20N4O2S. The summed E-state index contributed by atoms with van der Waals surface area (Å²) in [4.78, 5) is 29.9. The Morgan fingerprint density at radius 1 is 1.35 bits per heavy atom. The van der Waals surface area contributed by atoms with Crippen LogP contribution >= 0.6 is 11.3 Å². The van der Waals surface area contributed by atoms with E-state index in [1.165, 1.54) is 29.2 Å². The van der Waals surface area contributed by atoms with Gasteiger partial charge in [0, 0.05) is 24.5 Å². The predicted octanol–water partition coefficient (Wildman–Crippen LogP) is 3.68. The molecule has 2 rings (SSSR count). The van der Waals surface area contributed by atoms with E-state index in [-0.39, 0.29) is 11.5 Å². The highest BCUT2D eigenvalue weighted by Crippen LogP contribution is 2.23. The Hall–Kier alpha value is -2.98. The molecular weight excluding hydrogens is 348 g/mol. The Balaban J connectivity index is 2.25. The van der Waals surface area contributed by atoms with Crippen LogP contribution < -0.4 is 10.2 Å². The van der Waals surface area contributed by atoms with Crippen LogP contribution in [0.15, 0.2) is 29.2 Å². The number of anilines is 2. The smallest absolute Gasteiger partial charge is 0.266 e. The molecule has 26 heavy (non-hydrogen) atoms. The maximum absolute atomic E-state index is 12.5. The topological polar surface area (TPSA) is 86.1 Å². The number of carbonyl (C=O) groups is 2. The lowest BCUT2D eigenvalue weighted by atomic mass is 10.1. The number of nitriles is 1. The number of benzene rings is 1. The van der Waals surface area contributed by atoms with Crippen LogP contribution in [0.4, 0.5) is 10.8 Å². The molecule has 0 radical (unpaired) electrons. The maximum Gasteiger partial charge on any atom is 0.266 e. The average molecular weight is 368 g/mol. The van der Waals surface area contributed by atoms with Crippen molar-refractivity contribution in [2.75, 3.05) is 16.8 Å². The number of carbonyl (C=O) groups excluding carboxylic acids is 2. The molecule has 134 valence electrons. The minimum Gasteiger partial charge on any atom is -0.321 e. The summed E-state index contributed by atoms with van der Waals surface area (Å²) in [6, 6.07) is 7.62. The molecule has 0 bridgehead atoms. The van der Waals surface area contributed by atoms with Crippen molar-refractivity contribution in [3.8, 4) is 6.07 Å². The van der Waals surface area contributed by atoms with Crippen LogP contribution in [0.2, 0.25) is 0 Å². The number of aromatic nitrogens is 1. The lowest BCUT2D eigenvalue weighted by molar-refractivity contribution is -0.116. The Bertz CT molecular complexity index is 888. The van der Waals surface area contributed by atoms with Crippen LogP contribution in [0.1, 0.15) is 30.7 Å². The second kappa shape index (κ2) is 8.41. The fourth-order valence-electron chi connectivity index (χ4n) is 2.45. The van der Waals surface area contributed by atoms with Crippen LogP contribution in [-0.2, 0) is 9.59 Å². The molecule has 6 nitrogen and oxygen atoms in total. The van der Waals surface area contributed by atoms with Gasteiger partial charge in [0.25, 0.3) is 5.91 Å². The quantitative estimate of drug-likeness (QED) is 0.644. The first kappa shape index (κ1) is 19.3.